The van der Waals surface area contributed by atoms with Gasteiger partial charge in [-0.1, -0.05) is 39.8 Å². The minimum atomic E-state index is -0.895. The highest BCUT2D eigenvalue weighted by atomic mass is 79.9. The fourth-order valence-corrected chi connectivity index (χ4v) is 3.06. The summed E-state index contributed by atoms with van der Waals surface area (Å²) in [7, 11) is 0. The Bertz CT molecular complexity index is 596. The van der Waals surface area contributed by atoms with E-state index in [4.69, 9.17) is 5.11 Å². The number of hydrogen-bond acceptors (Lipinski definition) is 2. The summed E-state index contributed by atoms with van der Waals surface area (Å²) in [5.74, 6) is -0.895. The molecule has 0 saturated carbocycles. The highest BCUT2D eigenvalue weighted by molar-refractivity contribution is 9.10. The Balaban J connectivity index is 2.37. The van der Waals surface area contributed by atoms with Gasteiger partial charge in [-0.3, -0.25) is 0 Å². The predicted octanol–water partition coefficient (Wildman–Crippen LogP) is 4.61. The normalized spacial score (nSPS) is 10.3. The van der Waals surface area contributed by atoms with Crippen molar-refractivity contribution in [2.75, 3.05) is 0 Å². The lowest BCUT2D eigenvalue weighted by Crippen LogP contribution is -1.98. The molecule has 4 heteroatoms. The number of hydrogen-bond donors (Lipinski definition) is 1. The molecule has 0 saturated heterocycles. The molecule has 2 aromatic carbocycles. The van der Waals surface area contributed by atoms with Gasteiger partial charge in [0, 0.05) is 14.3 Å². The van der Waals surface area contributed by atoms with Crippen LogP contribution in [0.2, 0.25) is 0 Å². The van der Waals surface area contributed by atoms with Crippen LogP contribution in [0.3, 0.4) is 0 Å². The Morgan fingerprint density at radius 2 is 1.89 bits per heavy atom. The van der Waals surface area contributed by atoms with Crippen molar-refractivity contribution in [2.45, 2.75) is 16.7 Å². The molecule has 0 aromatic heterocycles. The van der Waals surface area contributed by atoms with E-state index in [9.17, 15) is 4.79 Å². The first-order valence-corrected chi connectivity index (χ1v) is 6.95. The number of carboxylic acids is 1. The average Bonchev–Trinajstić information content (AvgIpc) is 2.33. The maximum absolute atomic E-state index is 11.1. The van der Waals surface area contributed by atoms with Crippen LogP contribution >= 0.6 is 27.7 Å². The van der Waals surface area contributed by atoms with Gasteiger partial charge >= 0.3 is 5.97 Å². The monoisotopic (exact) mass is 322 g/mol. The topological polar surface area (TPSA) is 37.3 Å². The molecular formula is C14H11BrO2S. The van der Waals surface area contributed by atoms with Gasteiger partial charge in [0.25, 0.3) is 0 Å². The molecular weight excluding hydrogens is 312 g/mol. The van der Waals surface area contributed by atoms with Crippen LogP contribution in [0.4, 0.5) is 0 Å². The molecule has 0 heterocycles. The third kappa shape index (κ3) is 2.94. The van der Waals surface area contributed by atoms with E-state index in [0.717, 1.165) is 19.8 Å². The van der Waals surface area contributed by atoms with Crippen molar-refractivity contribution < 1.29 is 9.90 Å². The van der Waals surface area contributed by atoms with Crippen molar-refractivity contribution in [2.24, 2.45) is 0 Å². The molecule has 0 unspecified atom stereocenters. The molecule has 92 valence electrons. The number of aromatic carboxylic acids is 1. The summed E-state index contributed by atoms with van der Waals surface area (Å²) in [5.41, 5.74) is 1.46. The summed E-state index contributed by atoms with van der Waals surface area (Å²) < 4.78 is 1.02. The number of carboxylic acid groups (broad SMARTS) is 1. The van der Waals surface area contributed by atoms with Crippen LogP contribution < -0.4 is 0 Å². The van der Waals surface area contributed by atoms with Crippen molar-refractivity contribution in [3.8, 4) is 0 Å². The van der Waals surface area contributed by atoms with Gasteiger partial charge in [-0.05, 0) is 42.8 Å². The van der Waals surface area contributed by atoms with Gasteiger partial charge in [0.2, 0.25) is 0 Å². The van der Waals surface area contributed by atoms with E-state index in [1.165, 1.54) is 11.8 Å². The van der Waals surface area contributed by atoms with Gasteiger partial charge in [0.15, 0.2) is 0 Å². The molecule has 0 atom stereocenters. The lowest BCUT2D eigenvalue weighted by molar-refractivity contribution is 0.0693. The highest BCUT2D eigenvalue weighted by Gasteiger charge is 2.11. The smallest absolute Gasteiger partial charge is 0.336 e. The Morgan fingerprint density at radius 1 is 1.17 bits per heavy atom. The Hall–Kier alpha value is -1.26. The lowest BCUT2D eigenvalue weighted by Gasteiger charge is -2.08. The van der Waals surface area contributed by atoms with Crippen molar-refractivity contribution in [3.05, 3.63) is 58.1 Å². The Morgan fingerprint density at radius 3 is 2.56 bits per heavy atom. The molecule has 0 bridgehead atoms. The maximum Gasteiger partial charge on any atom is 0.336 e. The summed E-state index contributed by atoms with van der Waals surface area (Å²) in [6.07, 6.45) is 0. The second-order valence-corrected chi connectivity index (χ2v) is 5.81. The number of benzene rings is 2. The third-order valence-corrected chi connectivity index (χ3v) is 4.22. The van der Waals surface area contributed by atoms with Gasteiger partial charge in [0.05, 0.1) is 5.56 Å². The summed E-state index contributed by atoms with van der Waals surface area (Å²) in [6.45, 7) is 2.01. The third-order valence-electron chi connectivity index (χ3n) is 2.47. The molecule has 18 heavy (non-hydrogen) atoms. The molecule has 1 N–H and O–H groups in total. The number of carbonyl (C=O) groups is 1. The fraction of sp³-hybridized carbons (Fsp3) is 0.0714. The number of halogens is 1. The van der Waals surface area contributed by atoms with Crippen LogP contribution in [0.15, 0.2) is 56.7 Å². The predicted molar refractivity (Wildman–Crippen MR) is 76.4 cm³/mol. The van der Waals surface area contributed by atoms with Crippen molar-refractivity contribution in [1.82, 2.24) is 0 Å². The van der Waals surface area contributed by atoms with Gasteiger partial charge < -0.3 is 5.11 Å². The fourth-order valence-electron chi connectivity index (χ4n) is 1.58. The van der Waals surface area contributed by atoms with Gasteiger partial charge in [-0.25, -0.2) is 4.79 Å². The van der Waals surface area contributed by atoms with Gasteiger partial charge in [-0.15, -0.1) is 0 Å². The van der Waals surface area contributed by atoms with Crippen LogP contribution in [0.25, 0.3) is 0 Å². The first-order valence-electron chi connectivity index (χ1n) is 5.34. The van der Waals surface area contributed by atoms with E-state index in [-0.39, 0.29) is 0 Å². The SMILES string of the molecule is Cc1cc(Br)ccc1Sc1ccccc1C(=O)O. The second kappa shape index (κ2) is 5.59. The molecule has 0 spiro atoms. The number of rotatable bonds is 3. The molecule has 0 aliphatic heterocycles. The summed E-state index contributed by atoms with van der Waals surface area (Å²) in [4.78, 5) is 13.0. The lowest BCUT2D eigenvalue weighted by atomic mass is 10.2. The van der Waals surface area contributed by atoms with E-state index < -0.39 is 5.97 Å². The van der Waals surface area contributed by atoms with E-state index >= 15 is 0 Å². The Kier molecular flexibility index (Phi) is 4.09. The molecule has 0 aliphatic carbocycles. The molecule has 0 amide bonds. The minimum absolute atomic E-state index is 0.338. The zero-order valence-corrected chi connectivity index (χ0v) is 12.1. The first-order chi connectivity index (χ1) is 8.58. The first kappa shape index (κ1) is 13.2. The molecule has 0 radical (unpaired) electrons. The van der Waals surface area contributed by atoms with Crippen LogP contribution in [-0.4, -0.2) is 11.1 Å². The summed E-state index contributed by atoms with van der Waals surface area (Å²) in [5, 5.41) is 9.14. The van der Waals surface area contributed by atoms with Crippen LogP contribution in [-0.2, 0) is 0 Å². The van der Waals surface area contributed by atoms with E-state index in [0.29, 0.717) is 5.56 Å². The van der Waals surface area contributed by atoms with Crippen molar-refractivity contribution in [3.63, 3.8) is 0 Å². The zero-order chi connectivity index (χ0) is 13.1. The minimum Gasteiger partial charge on any atom is -0.478 e. The molecule has 0 fully saturated rings. The van der Waals surface area contributed by atoms with E-state index in [2.05, 4.69) is 15.9 Å². The zero-order valence-electron chi connectivity index (χ0n) is 9.68. The largest absolute Gasteiger partial charge is 0.478 e. The van der Waals surface area contributed by atoms with Crippen molar-refractivity contribution >= 4 is 33.7 Å². The number of aryl methyl sites for hydroxylation is 1. The Labute approximate surface area is 118 Å². The van der Waals surface area contributed by atoms with Crippen molar-refractivity contribution in [1.29, 1.82) is 0 Å². The van der Waals surface area contributed by atoms with Crippen LogP contribution in [0, 0.1) is 6.92 Å². The van der Waals surface area contributed by atoms with Crippen LogP contribution in [0.5, 0.6) is 0 Å². The van der Waals surface area contributed by atoms with E-state index in [1.54, 1.807) is 12.1 Å². The molecule has 2 rings (SSSR count). The van der Waals surface area contributed by atoms with Crippen LogP contribution in [0.1, 0.15) is 15.9 Å². The molecule has 2 nitrogen and oxygen atoms in total. The second-order valence-electron chi connectivity index (χ2n) is 3.81. The van der Waals surface area contributed by atoms with Gasteiger partial charge in [-0.2, -0.15) is 0 Å². The average molecular weight is 323 g/mol. The molecule has 2 aromatic rings. The quantitative estimate of drug-likeness (QED) is 0.896. The highest BCUT2D eigenvalue weighted by Crippen LogP contribution is 2.33. The maximum atomic E-state index is 11.1. The molecule has 0 aliphatic rings. The van der Waals surface area contributed by atoms with Gasteiger partial charge in [0.1, 0.15) is 0 Å². The standard InChI is InChI=1S/C14H11BrO2S/c1-9-8-10(15)6-7-12(9)18-13-5-3-2-4-11(13)14(16)17/h2-8H,1H3,(H,16,17). The summed E-state index contributed by atoms with van der Waals surface area (Å²) in [6, 6.07) is 13.0. The van der Waals surface area contributed by atoms with E-state index in [1.807, 2.05) is 37.3 Å². The summed E-state index contributed by atoms with van der Waals surface area (Å²) >= 11 is 4.89.